The van der Waals surface area contributed by atoms with E-state index in [-0.39, 0.29) is 0 Å². The normalized spacial score (nSPS) is 30.7. The van der Waals surface area contributed by atoms with Gasteiger partial charge in [0.2, 0.25) is 0 Å². The third-order valence-corrected chi connectivity index (χ3v) is 3.97. The molecule has 0 amide bonds. The second-order valence-electron chi connectivity index (χ2n) is 2.73. The van der Waals surface area contributed by atoms with Crippen LogP contribution in [0.15, 0.2) is 11.1 Å². The van der Waals surface area contributed by atoms with Gasteiger partial charge in [0.05, 0.1) is 6.10 Å². The zero-order chi connectivity index (χ0) is 8.27. The van der Waals surface area contributed by atoms with E-state index < -0.39 is 0 Å². The Balaban J connectivity index is 2.20. The Morgan fingerprint density at radius 2 is 2.55 bits per heavy atom. The van der Waals surface area contributed by atoms with Crippen LogP contribution < -0.4 is 0 Å². The maximum Gasteiger partial charge on any atom is 0.0666 e. The fourth-order valence-corrected chi connectivity index (χ4v) is 2.53. The highest BCUT2D eigenvalue weighted by Gasteiger charge is 2.23. The molecule has 1 saturated heterocycles. The Hall–Kier alpha value is 0.530. The predicted molar refractivity (Wildman–Crippen MR) is 54.3 cm³/mol. The first kappa shape index (κ1) is 9.62. The molecular weight excluding hydrogens is 224 g/mol. The Labute approximate surface area is 80.7 Å². The first-order valence-corrected chi connectivity index (χ1v) is 5.61. The molecule has 1 aliphatic heterocycles. The van der Waals surface area contributed by atoms with Gasteiger partial charge in [0.25, 0.3) is 0 Å². The summed E-state index contributed by atoms with van der Waals surface area (Å²) in [5, 5.41) is 0.671. The van der Waals surface area contributed by atoms with Gasteiger partial charge >= 0.3 is 0 Å². The number of hydrogen-bond acceptors (Lipinski definition) is 2. The van der Waals surface area contributed by atoms with Crippen molar-refractivity contribution in [1.82, 2.24) is 0 Å². The number of rotatable bonds is 3. The summed E-state index contributed by atoms with van der Waals surface area (Å²) in [4.78, 5) is 0. The molecule has 0 aromatic rings. The molecule has 1 rings (SSSR count). The lowest BCUT2D eigenvalue weighted by Crippen LogP contribution is -2.13. The summed E-state index contributed by atoms with van der Waals surface area (Å²) < 4.78 is 6.50. The van der Waals surface area contributed by atoms with Crippen LogP contribution in [0.1, 0.15) is 13.3 Å². The quantitative estimate of drug-likeness (QED) is 0.746. The highest BCUT2D eigenvalue weighted by molar-refractivity contribution is 9.11. The van der Waals surface area contributed by atoms with Gasteiger partial charge in [0.1, 0.15) is 0 Å². The molecular formula is C8H13BrOS. The number of hydrogen-bond donors (Lipinski definition) is 0. The van der Waals surface area contributed by atoms with E-state index in [9.17, 15) is 0 Å². The van der Waals surface area contributed by atoms with E-state index in [0.29, 0.717) is 11.4 Å². The smallest absolute Gasteiger partial charge is 0.0666 e. The van der Waals surface area contributed by atoms with Crippen molar-refractivity contribution in [3.63, 3.8) is 0 Å². The van der Waals surface area contributed by atoms with Crippen LogP contribution >= 0.6 is 27.7 Å². The van der Waals surface area contributed by atoms with Gasteiger partial charge in [-0.15, -0.1) is 0 Å². The van der Waals surface area contributed by atoms with Gasteiger partial charge in [-0.25, -0.2) is 0 Å². The summed E-state index contributed by atoms with van der Waals surface area (Å²) in [6.45, 7) is 6.86. The first-order valence-electron chi connectivity index (χ1n) is 3.76. The molecule has 0 N–H and O–H groups in total. The summed E-state index contributed by atoms with van der Waals surface area (Å²) in [5.74, 6) is 0.998. The standard InChI is InChI=1S/C8H13BrOS/c1-6(9)5-11-8-3-4-10-7(8)2/h7-8H,1,3-5H2,2H3. The average Bonchev–Trinajstić information content (AvgIpc) is 2.31. The van der Waals surface area contributed by atoms with E-state index in [0.717, 1.165) is 16.8 Å². The molecule has 2 atom stereocenters. The average molecular weight is 237 g/mol. The van der Waals surface area contributed by atoms with Crippen LogP contribution in [0.3, 0.4) is 0 Å². The van der Waals surface area contributed by atoms with Crippen molar-refractivity contribution < 1.29 is 4.74 Å². The van der Waals surface area contributed by atoms with Gasteiger partial charge in [-0.05, 0) is 17.8 Å². The van der Waals surface area contributed by atoms with E-state index in [1.54, 1.807) is 0 Å². The molecule has 1 aliphatic rings. The Kier molecular flexibility index (Phi) is 3.96. The lowest BCUT2D eigenvalue weighted by Gasteiger charge is -2.12. The van der Waals surface area contributed by atoms with Crippen molar-refractivity contribution in [2.24, 2.45) is 0 Å². The summed E-state index contributed by atoms with van der Waals surface area (Å²) in [6, 6.07) is 0. The molecule has 0 spiro atoms. The molecule has 0 aromatic heterocycles. The van der Waals surface area contributed by atoms with Crippen LogP contribution in [-0.2, 0) is 4.74 Å². The summed E-state index contributed by atoms with van der Waals surface area (Å²) in [7, 11) is 0. The Bertz CT molecular complexity index is 149. The first-order chi connectivity index (χ1) is 5.20. The molecule has 1 heterocycles. The molecule has 0 saturated carbocycles. The van der Waals surface area contributed by atoms with Crippen molar-refractivity contribution in [3.05, 3.63) is 11.1 Å². The largest absolute Gasteiger partial charge is 0.377 e. The maximum absolute atomic E-state index is 5.43. The molecule has 0 aliphatic carbocycles. The number of ether oxygens (including phenoxy) is 1. The molecule has 1 fully saturated rings. The Morgan fingerprint density at radius 3 is 3.00 bits per heavy atom. The minimum atomic E-state index is 0.423. The van der Waals surface area contributed by atoms with Crippen LogP contribution in [0.2, 0.25) is 0 Å². The zero-order valence-corrected chi connectivity index (χ0v) is 9.08. The molecule has 2 unspecified atom stereocenters. The summed E-state index contributed by atoms with van der Waals surface area (Å²) >= 11 is 5.27. The van der Waals surface area contributed by atoms with Crippen LogP contribution in [0.4, 0.5) is 0 Å². The van der Waals surface area contributed by atoms with Gasteiger partial charge in [-0.3, -0.25) is 0 Å². The van der Waals surface area contributed by atoms with E-state index in [2.05, 4.69) is 29.4 Å². The van der Waals surface area contributed by atoms with Crippen molar-refractivity contribution >= 4 is 27.7 Å². The highest BCUT2D eigenvalue weighted by Crippen LogP contribution is 2.28. The van der Waals surface area contributed by atoms with Crippen LogP contribution in [0.5, 0.6) is 0 Å². The third-order valence-electron chi connectivity index (χ3n) is 1.76. The molecule has 0 radical (unpaired) electrons. The van der Waals surface area contributed by atoms with E-state index in [1.165, 1.54) is 6.42 Å². The molecule has 0 bridgehead atoms. The minimum Gasteiger partial charge on any atom is -0.377 e. The van der Waals surface area contributed by atoms with Crippen LogP contribution in [-0.4, -0.2) is 23.7 Å². The summed E-state index contributed by atoms with van der Waals surface area (Å²) in [6.07, 6.45) is 1.61. The SMILES string of the molecule is C=C(Br)CSC1CCOC1C. The van der Waals surface area contributed by atoms with Crippen molar-refractivity contribution in [2.75, 3.05) is 12.4 Å². The van der Waals surface area contributed by atoms with E-state index in [1.807, 2.05) is 11.8 Å². The molecule has 3 heteroatoms. The van der Waals surface area contributed by atoms with Crippen LogP contribution in [0, 0.1) is 0 Å². The third kappa shape index (κ3) is 3.18. The monoisotopic (exact) mass is 236 g/mol. The second-order valence-corrected chi connectivity index (χ2v) is 5.08. The lowest BCUT2D eigenvalue weighted by molar-refractivity contribution is 0.127. The van der Waals surface area contributed by atoms with Crippen LogP contribution in [0.25, 0.3) is 0 Å². The van der Waals surface area contributed by atoms with Gasteiger partial charge in [-0.1, -0.05) is 22.5 Å². The van der Waals surface area contributed by atoms with Gasteiger partial charge in [0.15, 0.2) is 0 Å². The van der Waals surface area contributed by atoms with E-state index in [4.69, 9.17) is 4.74 Å². The van der Waals surface area contributed by atoms with Gasteiger partial charge in [-0.2, -0.15) is 11.8 Å². The second kappa shape index (κ2) is 4.53. The molecule has 11 heavy (non-hydrogen) atoms. The zero-order valence-electron chi connectivity index (χ0n) is 6.68. The number of thioether (sulfide) groups is 1. The van der Waals surface area contributed by atoms with Crippen molar-refractivity contribution in [2.45, 2.75) is 24.7 Å². The predicted octanol–water partition coefficient (Wildman–Crippen LogP) is 2.81. The van der Waals surface area contributed by atoms with Crippen molar-refractivity contribution in [3.8, 4) is 0 Å². The van der Waals surface area contributed by atoms with Crippen molar-refractivity contribution in [1.29, 1.82) is 0 Å². The Morgan fingerprint density at radius 1 is 1.82 bits per heavy atom. The van der Waals surface area contributed by atoms with Gasteiger partial charge < -0.3 is 4.74 Å². The molecule has 0 aromatic carbocycles. The van der Waals surface area contributed by atoms with E-state index >= 15 is 0 Å². The lowest BCUT2D eigenvalue weighted by atomic mass is 10.3. The topological polar surface area (TPSA) is 9.23 Å². The fraction of sp³-hybridized carbons (Fsp3) is 0.750. The van der Waals surface area contributed by atoms with Gasteiger partial charge in [0, 0.05) is 17.6 Å². The minimum absolute atomic E-state index is 0.423. The molecule has 64 valence electrons. The highest BCUT2D eigenvalue weighted by atomic mass is 79.9. The molecule has 1 nitrogen and oxygen atoms in total. The number of halogens is 1. The maximum atomic E-state index is 5.43. The summed E-state index contributed by atoms with van der Waals surface area (Å²) in [5.41, 5.74) is 0. The fourth-order valence-electron chi connectivity index (χ4n) is 1.13.